The second-order valence-electron chi connectivity index (χ2n) is 24.8. The van der Waals surface area contributed by atoms with E-state index in [1.54, 1.807) is 28.8 Å². The first-order chi connectivity index (χ1) is 48.8. The van der Waals surface area contributed by atoms with E-state index >= 15 is 0 Å². The van der Waals surface area contributed by atoms with E-state index in [1.807, 2.05) is 233 Å². The fourth-order valence-corrected chi connectivity index (χ4v) is 12.0. The van der Waals surface area contributed by atoms with Gasteiger partial charge in [0.1, 0.15) is 5.82 Å². The number of nitrogens with zero attached hydrogens (tertiary/aromatic N) is 9. The van der Waals surface area contributed by atoms with Gasteiger partial charge in [0.25, 0.3) is 17.7 Å². The first kappa shape index (κ1) is 69.0. The molecule has 0 radical (unpaired) electrons. The van der Waals surface area contributed by atoms with Gasteiger partial charge in [0.05, 0.1) is 5.56 Å². The lowest BCUT2D eigenvalue weighted by molar-refractivity contribution is 0.101. The maximum Gasteiger partial charge on any atom is 0.255 e. The van der Waals surface area contributed by atoms with Crippen LogP contribution >= 0.6 is 0 Å². The average Bonchev–Trinajstić information content (AvgIpc) is 1.59. The second kappa shape index (κ2) is 29.6. The van der Waals surface area contributed by atoms with Crippen molar-refractivity contribution in [2.75, 3.05) is 16.0 Å². The van der Waals surface area contributed by atoms with Gasteiger partial charge in [-0.05, 0) is 221 Å². The third-order valence-electron chi connectivity index (χ3n) is 17.6. The summed E-state index contributed by atoms with van der Waals surface area (Å²) in [5, 5.41) is 35.1. The van der Waals surface area contributed by atoms with Crippen LogP contribution in [0.1, 0.15) is 83.0 Å². The summed E-state index contributed by atoms with van der Waals surface area (Å²) >= 11 is 0. The molecule has 3 amide bonds. The molecule has 0 unspecified atom stereocenters. The maximum absolute atomic E-state index is 14.4. The van der Waals surface area contributed by atoms with Crippen LogP contribution < -0.4 is 16.0 Å². The molecule has 9 aromatic carbocycles. The number of benzene rings is 9. The largest absolute Gasteiger partial charge is 0.322 e. The van der Waals surface area contributed by atoms with E-state index in [2.05, 4.69) is 65.6 Å². The molecule has 0 aliphatic heterocycles. The van der Waals surface area contributed by atoms with E-state index < -0.39 is 11.6 Å². The number of halogens is 3. The topological polar surface area (TPSA) is 178 Å². The molecular formula is C84H71F3N12O3. The van der Waals surface area contributed by atoms with Crippen molar-refractivity contribution >= 4 is 51.7 Å². The summed E-state index contributed by atoms with van der Waals surface area (Å²) in [4.78, 5) is 39.1. The minimum Gasteiger partial charge on any atom is -0.322 e. The molecule has 6 aromatic heterocycles. The minimum atomic E-state index is -0.979. The summed E-state index contributed by atoms with van der Waals surface area (Å²) in [6, 6.07) is 68.6. The molecule has 0 fully saturated rings. The van der Waals surface area contributed by atoms with Gasteiger partial charge in [-0.15, -0.1) is 30.6 Å². The molecule has 0 aliphatic rings. The molecule has 506 valence electrons. The number of pyridine rings is 3. The quantitative estimate of drug-likeness (QED) is 0.107. The van der Waals surface area contributed by atoms with Crippen LogP contribution in [0.2, 0.25) is 0 Å². The highest BCUT2D eigenvalue weighted by atomic mass is 19.2. The van der Waals surface area contributed by atoms with E-state index in [9.17, 15) is 27.6 Å². The summed E-state index contributed by atoms with van der Waals surface area (Å²) in [6.07, 6.45) is 5.55. The van der Waals surface area contributed by atoms with Gasteiger partial charge in [-0.2, -0.15) is 0 Å². The summed E-state index contributed by atoms with van der Waals surface area (Å²) < 4.78 is 47.3. The number of hydrogen-bond donors (Lipinski definition) is 3. The van der Waals surface area contributed by atoms with E-state index in [-0.39, 0.29) is 42.4 Å². The van der Waals surface area contributed by atoms with Crippen LogP contribution in [-0.4, -0.2) is 61.5 Å². The Morgan fingerprint density at radius 1 is 0.314 bits per heavy atom. The summed E-state index contributed by atoms with van der Waals surface area (Å²) in [5.41, 5.74) is 20.7. The Morgan fingerprint density at radius 3 is 1.03 bits per heavy atom. The summed E-state index contributed by atoms with van der Waals surface area (Å²) in [6.45, 7) is 15.7. The fourth-order valence-electron chi connectivity index (χ4n) is 12.0. The Bertz CT molecular complexity index is 5670. The number of fused-ring (bicyclic) bond motifs is 3. The molecule has 0 saturated heterocycles. The predicted octanol–water partition coefficient (Wildman–Crippen LogP) is 19.5. The van der Waals surface area contributed by atoms with Gasteiger partial charge in [0.2, 0.25) is 0 Å². The number of hydrogen-bond acceptors (Lipinski definition) is 9. The molecule has 102 heavy (non-hydrogen) atoms. The van der Waals surface area contributed by atoms with Gasteiger partial charge in [0, 0.05) is 80.2 Å². The number of aromatic nitrogens is 9. The van der Waals surface area contributed by atoms with Gasteiger partial charge < -0.3 is 16.0 Å². The fraction of sp³-hybridized carbons (Fsp3) is 0.107. The Kier molecular flexibility index (Phi) is 20.0. The van der Waals surface area contributed by atoms with Gasteiger partial charge in [-0.1, -0.05) is 127 Å². The van der Waals surface area contributed by atoms with Crippen LogP contribution in [0.5, 0.6) is 0 Å². The zero-order valence-electron chi connectivity index (χ0n) is 56.5. The van der Waals surface area contributed by atoms with Crippen molar-refractivity contribution < 1.29 is 27.6 Å². The first-order valence-electron chi connectivity index (χ1n) is 32.6. The van der Waals surface area contributed by atoms with Crippen LogP contribution in [0.4, 0.5) is 30.2 Å². The molecule has 3 N–H and O–H groups in total. The number of aryl methyl sites for hydroxylation is 8. The van der Waals surface area contributed by atoms with Crippen molar-refractivity contribution in [3.63, 3.8) is 0 Å². The summed E-state index contributed by atoms with van der Waals surface area (Å²) in [7, 11) is 0. The van der Waals surface area contributed by atoms with Crippen molar-refractivity contribution in [1.82, 2.24) is 43.8 Å². The number of rotatable bonds is 12. The molecule has 15 aromatic rings. The van der Waals surface area contributed by atoms with E-state index in [4.69, 9.17) is 0 Å². The molecule has 0 bridgehead atoms. The number of nitrogens with one attached hydrogen (secondary N) is 3. The van der Waals surface area contributed by atoms with Crippen molar-refractivity contribution in [3.05, 3.63) is 322 Å². The number of amides is 3. The molecule has 18 heteroatoms. The molecule has 15 rings (SSSR count). The highest BCUT2D eigenvalue weighted by Gasteiger charge is 2.22. The smallest absolute Gasteiger partial charge is 0.255 e. The first-order valence-corrected chi connectivity index (χ1v) is 32.6. The van der Waals surface area contributed by atoms with Crippen molar-refractivity contribution in [3.8, 4) is 67.5 Å². The lowest BCUT2D eigenvalue weighted by atomic mass is 9.99. The average molecular weight is 1350 g/mol. The number of anilines is 3. The maximum atomic E-state index is 14.4. The zero-order valence-corrected chi connectivity index (χ0v) is 56.5. The zero-order chi connectivity index (χ0) is 70.6. The van der Waals surface area contributed by atoms with E-state index in [0.29, 0.717) is 45.1 Å². The SMILES string of the molecule is C.Cc1ccc(NC(=O)c2cc(-c3cccn4c(-c5ccc(F)cc5C)nnc34)ccc2C)cc1.Cc1ccc(NC(=O)c2cc(-c3cccn4c(-c5cccc(F)c5F)nnc34)ccc2C)cc1.Cc1ccc(NC(=O)c2cc(-c3cccn4c(-c5ccccc5C)nnc34)ccc2C)cc1. The highest BCUT2D eigenvalue weighted by Crippen LogP contribution is 2.34. The highest BCUT2D eigenvalue weighted by molar-refractivity contribution is 6.08. The Morgan fingerprint density at radius 2 is 0.657 bits per heavy atom. The number of carbonyl (C=O) groups excluding carboxylic acids is 3. The summed E-state index contributed by atoms with van der Waals surface area (Å²) in [5.74, 6) is -1.11. The third kappa shape index (κ3) is 14.5. The van der Waals surface area contributed by atoms with Gasteiger partial charge >= 0.3 is 0 Å². The van der Waals surface area contributed by atoms with Gasteiger partial charge in [-0.25, -0.2) is 13.2 Å². The molecular weight excluding hydrogens is 1280 g/mol. The lowest BCUT2D eigenvalue weighted by Gasteiger charge is -2.11. The minimum absolute atomic E-state index is 0. The van der Waals surface area contributed by atoms with Crippen molar-refractivity contribution in [2.24, 2.45) is 0 Å². The van der Waals surface area contributed by atoms with Crippen LogP contribution in [0.25, 0.3) is 84.5 Å². The van der Waals surface area contributed by atoms with E-state index in [1.165, 1.54) is 24.3 Å². The molecule has 0 atom stereocenters. The lowest BCUT2D eigenvalue weighted by Crippen LogP contribution is -2.13. The van der Waals surface area contributed by atoms with Gasteiger partial charge in [0.15, 0.2) is 46.0 Å². The Labute approximate surface area is 588 Å². The second-order valence-corrected chi connectivity index (χ2v) is 24.8. The predicted molar refractivity (Wildman–Crippen MR) is 399 cm³/mol. The molecule has 0 aliphatic carbocycles. The third-order valence-corrected chi connectivity index (χ3v) is 17.6. The Hall–Kier alpha value is -13.0. The van der Waals surface area contributed by atoms with Crippen LogP contribution in [-0.2, 0) is 0 Å². The molecule has 0 saturated carbocycles. The van der Waals surface area contributed by atoms with Crippen molar-refractivity contribution in [1.29, 1.82) is 0 Å². The van der Waals surface area contributed by atoms with E-state index in [0.717, 1.165) is 112 Å². The molecule has 6 heterocycles. The van der Waals surface area contributed by atoms with Crippen LogP contribution in [0.15, 0.2) is 243 Å². The van der Waals surface area contributed by atoms with Crippen LogP contribution in [0, 0.1) is 72.8 Å². The normalized spacial score (nSPS) is 10.9. The molecule has 0 spiro atoms. The monoisotopic (exact) mass is 1350 g/mol. The number of carbonyl (C=O) groups is 3. The van der Waals surface area contributed by atoms with Crippen LogP contribution in [0.3, 0.4) is 0 Å². The van der Waals surface area contributed by atoms with Crippen molar-refractivity contribution in [2.45, 2.75) is 62.8 Å². The Balaban J connectivity index is 0.000000144. The molecule has 15 nitrogen and oxygen atoms in total. The standard InChI is InChI=1S/C28H23FN4O.C28H24N4O.C27H20F2N4O.CH4/c1-17-6-11-22(12-7-17)30-28(34)25-16-20(9-8-18(25)2)24-5-4-14-33-26(31-32-27(24)33)23-13-10-21(29)15-19(23)3;1-18-10-14-22(15-11-18)29-28(33)25-17-21(13-12-20(25)3)24-9-6-16-32-26(30-31-27(24)32)23-8-5-4-7-19(23)2;1-16-8-12-19(13-9-16)30-27(34)22-15-18(11-10-17(22)2)20-6-4-14-33-25(20)31-32-26(33)21-5-3-7-23(28)24(21)29;/h4-16H,1-3H3,(H,30,34);4-17H,1-3H3,(H,29,33);3-15H,1-2H3,(H,30,34);1H4. The van der Waals surface area contributed by atoms with Gasteiger partial charge in [-0.3, -0.25) is 27.6 Å².